The number of carbonyl (C=O) groups excluding carboxylic acids is 10. The molecule has 0 saturated heterocycles. The molecule has 0 bridgehead atoms. The third-order valence-electron chi connectivity index (χ3n) is 30.2. The first-order chi connectivity index (χ1) is 68.2. The Hall–Kier alpha value is -5.35. The highest BCUT2D eigenvalue weighted by Crippen LogP contribution is 2.49. The van der Waals surface area contributed by atoms with E-state index in [1.807, 2.05) is 125 Å². The summed E-state index contributed by atoms with van der Waals surface area (Å²) in [6, 6.07) is 0. The fraction of sp³-hybridized carbons (Fsp3) is 0.844. The highest BCUT2D eigenvalue weighted by atomic mass is 79.9. The van der Waals surface area contributed by atoms with Crippen molar-refractivity contribution in [3.63, 3.8) is 0 Å². The molecule has 19 atom stereocenters. The fourth-order valence-corrected chi connectivity index (χ4v) is 23.5. The molecule has 1 N–H and O–H groups in total. The van der Waals surface area contributed by atoms with Gasteiger partial charge in [-0.05, 0) is 411 Å². The van der Waals surface area contributed by atoms with Crippen molar-refractivity contribution in [3.8, 4) is 35.5 Å². The zero-order valence-corrected chi connectivity index (χ0v) is 102. The number of Topliss-reactive ketones (excluding diaryl/α,β-unsaturated/α-hetero) is 1. The summed E-state index contributed by atoms with van der Waals surface area (Å²) < 4.78 is 34.1. The van der Waals surface area contributed by atoms with Gasteiger partial charge in [0.15, 0.2) is 0 Å². The van der Waals surface area contributed by atoms with E-state index in [2.05, 4.69) is 176 Å². The van der Waals surface area contributed by atoms with Gasteiger partial charge >= 0.3 is 35.8 Å². The molecule has 10 rings (SSSR count). The van der Waals surface area contributed by atoms with Gasteiger partial charge in [0.1, 0.15) is 65.1 Å². The number of aldehydes is 2. The zero-order chi connectivity index (χ0) is 112. The average Bonchev–Trinajstić information content (AvgIpc) is 1.71. The van der Waals surface area contributed by atoms with Crippen molar-refractivity contribution in [2.45, 2.75) is 454 Å². The first kappa shape index (κ1) is 136. The predicted octanol–water partition coefficient (Wildman–Crippen LogP) is 29.0. The maximum absolute atomic E-state index is 12.8. The number of amides is 1. The van der Waals surface area contributed by atoms with Crippen LogP contribution in [-0.2, 0) is 86.0 Å². The molecule has 0 aliphatic heterocycles. The van der Waals surface area contributed by atoms with Crippen molar-refractivity contribution in [1.29, 1.82) is 0 Å². The quantitative estimate of drug-likeness (QED) is 0.0106. The first-order valence-corrected chi connectivity index (χ1v) is 59.0. The lowest BCUT2D eigenvalue weighted by Gasteiger charge is -2.34. The number of carbonyl (C=O) groups is 10. The van der Waals surface area contributed by atoms with Crippen LogP contribution in [-0.4, -0.2) is 142 Å². The number of alkyl halides is 2. The van der Waals surface area contributed by atoms with Gasteiger partial charge in [0, 0.05) is 54.4 Å². The van der Waals surface area contributed by atoms with Crippen molar-refractivity contribution in [2.24, 2.45) is 183 Å². The zero-order valence-electron chi connectivity index (χ0n) is 97.8. The van der Waals surface area contributed by atoms with Crippen LogP contribution in [0.5, 0.6) is 0 Å². The van der Waals surface area contributed by atoms with Gasteiger partial charge in [-0.1, -0.05) is 170 Å². The number of aliphatic hydroxyl groups is 1. The molecular formula is C122H202Br2Cl2N2O19. The summed E-state index contributed by atoms with van der Waals surface area (Å²) in [5, 5.41) is 16.3. The minimum atomic E-state index is -0.715. The molecule has 0 aromatic heterocycles. The molecule has 21 nitrogen and oxygen atoms in total. The normalized spacial score (nSPS) is 29.6. The van der Waals surface area contributed by atoms with Crippen molar-refractivity contribution >= 4 is 121 Å². The van der Waals surface area contributed by atoms with Gasteiger partial charge in [-0.25, -0.2) is 5.06 Å². The number of hydrogen-bond donors (Lipinski definition) is 1. The number of ketones is 1. The van der Waals surface area contributed by atoms with Gasteiger partial charge in [-0.2, -0.15) is 0 Å². The Balaban J connectivity index is 0.000000445. The Bertz CT molecular complexity index is 4210. The minimum Gasteiger partial charge on any atom is -0.460 e. The topological polar surface area (TPSA) is 280 Å². The number of oxime groups is 1. The van der Waals surface area contributed by atoms with E-state index in [0.29, 0.717) is 53.3 Å². The molecule has 10 aliphatic rings. The van der Waals surface area contributed by atoms with Gasteiger partial charge in [0.25, 0.3) is 0 Å². The van der Waals surface area contributed by atoms with Crippen LogP contribution in [0.15, 0.2) is 14.6 Å². The minimum absolute atomic E-state index is 0.00112. The Labute approximate surface area is 918 Å². The number of rotatable bonds is 29. The lowest BCUT2D eigenvalue weighted by molar-refractivity contribution is -0.179. The largest absolute Gasteiger partial charge is 0.460 e. The average molecular weight is 2230 g/mol. The standard InChI is InChI=1S/C24H39NO3.C23H38O3.C23H36O3.C15H27NO4.2C13H22O3.C10H16Br2.CH2Cl2/c1-8-17-14-20(21(15-17)23(26)28-24(4,5)6)22(25-27-7)10-9-18-12-19(13-18)11-16(2)3;2*1-7-16-13-19(20(14-16)22(25)26-23(4,5)6)21(24)9-8-17-11-18(12-17)10-15(2)3;1-7-10-8-11(13(17)16(5)19-6)12(9-10)14(18)20-15(2,3)4;2*1-5-9-6-10(8-14)11(7-9)12(15)16-13(2,3)4;1-7(2)3-8-4-9(5-8)6-10(11)12;2-1-3/h16-21H,8,11-15H2,1-7H3;15-21,24H,7,10-14H2,1-6H3;15-20H,7,10-14H2,1-6H3;10-12H,7-9H2,1-6H3;2*8-11H,5-7H2,1-4H3;6-9H,3-5H2,1-2H3;1H2/b25-22+;;;;;;;/t17?,18?,19?,20-,21-;16?,17?,18?,19-,20-,21?;16?,17?,18?,19-,20-;10?,11-,12-;2*9?,10-,11+;;/m000011../s1. The lowest BCUT2D eigenvalue weighted by atomic mass is 9.71. The molecule has 1 amide bonds. The van der Waals surface area contributed by atoms with Crippen LogP contribution in [0, 0.1) is 213 Å². The van der Waals surface area contributed by atoms with Crippen LogP contribution in [0.3, 0.4) is 0 Å². The molecule has 25 heteroatoms. The number of nitrogens with zero attached hydrogens (tertiary/aromatic N) is 2. The van der Waals surface area contributed by atoms with Crippen molar-refractivity contribution < 1.29 is 91.1 Å². The van der Waals surface area contributed by atoms with Crippen molar-refractivity contribution in [2.75, 3.05) is 26.6 Å². The number of hydrogen-bond acceptors (Lipinski definition) is 20. The van der Waals surface area contributed by atoms with E-state index in [1.54, 1.807) is 14.2 Å². The highest BCUT2D eigenvalue weighted by molar-refractivity contribution is 9.28. The van der Waals surface area contributed by atoms with Gasteiger partial charge in [-0.15, -0.1) is 23.2 Å². The van der Waals surface area contributed by atoms with Crippen LogP contribution in [0.2, 0.25) is 0 Å². The summed E-state index contributed by atoms with van der Waals surface area (Å²) in [7, 11) is 4.58. The molecule has 0 aromatic rings. The molecule has 10 aliphatic carbocycles. The first-order valence-electron chi connectivity index (χ1n) is 56.3. The summed E-state index contributed by atoms with van der Waals surface area (Å²) >= 11 is 16.3. The van der Waals surface area contributed by atoms with E-state index in [9.17, 15) is 53.1 Å². The molecule has 0 aromatic carbocycles. The SMILES string of the molecule is CC(C)CC1CC(C=C(Br)Br)C1.CCC1C[C@H](C(=O)C#CC2CC(CC(C)C)C2)[C@@H](C(=O)OC(C)(C)C)C1.CCC1C[C@H](C(=O)OC(C)(C)C)[C@@H](/C(C#CC2CC(CC(C)C)C2)=N/OC)C1.CCC1C[C@H](C(=O)OC(C)(C)C)[C@@H](C(=O)N(C)OC)C1.CCC1C[C@H](C(=O)OC(C)(C)C)[C@@H](C(O)C#CC2CC(CC(C)C)C2)C1.CCC1C[C@H](C(=O)OC(C)(C)C)[C@@H](C=O)C1.CCC1C[C@H](C(=O)OC(C)(C)C)[C@@H](C=O)C1.ClCCl. The number of halogens is 4. The molecule has 0 spiro atoms. The third kappa shape index (κ3) is 51.7. The van der Waals surface area contributed by atoms with E-state index >= 15 is 0 Å². The summed E-state index contributed by atoms with van der Waals surface area (Å²) in [6.07, 6.45) is 34.2. The van der Waals surface area contributed by atoms with Crippen LogP contribution in [0.25, 0.3) is 0 Å². The number of esters is 6. The molecule has 10 saturated carbocycles. The molecular weight excluding hydrogens is 2030 g/mol. The fourth-order valence-electron chi connectivity index (χ4n) is 22.8. The summed E-state index contributed by atoms with van der Waals surface area (Å²) in [5.74, 6) is 26.6. The van der Waals surface area contributed by atoms with E-state index in [1.165, 1.54) is 63.5 Å². The molecule has 147 heavy (non-hydrogen) atoms. The monoisotopic (exact) mass is 2230 g/mol. The third-order valence-corrected chi connectivity index (χ3v) is 30.7. The Kier molecular flexibility index (Phi) is 59.9. The van der Waals surface area contributed by atoms with E-state index in [4.69, 9.17) is 61.3 Å². The summed E-state index contributed by atoms with van der Waals surface area (Å²) in [5.41, 5.74) is -2.21. The van der Waals surface area contributed by atoms with Crippen LogP contribution < -0.4 is 0 Å². The lowest BCUT2D eigenvalue weighted by Crippen LogP contribution is -2.38. The van der Waals surface area contributed by atoms with Crippen molar-refractivity contribution in [3.05, 3.63) is 9.47 Å². The predicted molar refractivity (Wildman–Crippen MR) is 601 cm³/mol. The second-order valence-corrected chi connectivity index (χ2v) is 55.6. The van der Waals surface area contributed by atoms with E-state index in [0.717, 1.165) is 216 Å². The molecule has 842 valence electrons. The maximum Gasteiger partial charge on any atom is 0.310 e. The molecule has 10 fully saturated rings. The van der Waals surface area contributed by atoms with Crippen LogP contribution in [0.1, 0.15) is 414 Å². The van der Waals surface area contributed by atoms with E-state index < -0.39 is 39.7 Å². The smallest absolute Gasteiger partial charge is 0.310 e. The van der Waals surface area contributed by atoms with Crippen LogP contribution in [0.4, 0.5) is 0 Å². The number of hydroxylamine groups is 2. The summed E-state index contributed by atoms with van der Waals surface area (Å²) in [4.78, 5) is 131. The van der Waals surface area contributed by atoms with Crippen LogP contribution >= 0.6 is 55.1 Å². The Morgan fingerprint density at radius 1 is 0.367 bits per heavy atom. The van der Waals surface area contributed by atoms with Gasteiger partial charge in [0.05, 0.1) is 57.3 Å². The van der Waals surface area contributed by atoms with Crippen molar-refractivity contribution in [1.82, 2.24) is 5.06 Å². The Morgan fingerprint density at radius 3 is 0.946 bits per heavy atom. The molecule has 0 radical (unpaired) electrons. The van der Waals surface area contributed by atoms with Gasteiger partial charge in [-0.3, -0.25) is 43.2 Å². The number of ether oxygens (including phenoxy) is 6. The number of aliphatic hydroxyl groups excluding tert-OH is 1. The summed E-state index contributed by atoms with van der Waals surface area (Å²) in [6.45, 7) is 64.7. The van der Waals surface area contributed by atoms with Gasteiger partial charge in [0.2, 0.25) is 11.7 Å². The molecule has 0 heterocycles. The maximum atomic E-state index is 12.8. The Morgan fingerprint density at radius 2 is 0.633 bits per heavy atom. The molecule has 7 unspecified atom stereocenters. The second-order valence-electron chi connectivity index (χ2n) is 52.0. The number of allylic oxidation sites excluding steroid dienone is 1. The van der Waals surface area contributed by atoms with E-state index in [-0.39, 0.29) is 124 Å². The highest BCUT2D eigenvalue weighted by Gasteiger charge is 2.50. The second kappa shape index (κ2) is 64.9. The van der Waals surface area contributed by atoms with Gasteiger partial charge < -0.3 is 48.0 Å².